The van der Waals surface area contributed by atoms with E-state index in [2.05, 4.69) is 4.72 Å². The van der Waals surface area contributed by atoms with Gasteiger partial charge in [-0.25, -0.2) is 13.1 Å². The third-order valence-electron chi connectivity index (χ3n) is 2.86. The molecule has 1 rings (SSSR count). The molecular formula is C12H20N2O3S. The summed E-state index contributed by atoms with van der Waals surface area (Å²) in [5.41, 5.74) is 6.92. The summed E-state index contributed by atoms with van der Waals surface area (Å²) >= 11 is 0. The highest BCUT2D eigenvalue weighted by molar-refractivity contribution is 7.89. The number of aliphatic hydroxyl groups is 1. The van der Waals surface area contributed by atoms with Gasteiger partial charge in [-0.1, -0.05) is 13.8 Å². The molecule has 0 aliphatic rings. The molecule has 0 heterocycles. The van der Waals surface area contributed by atoms with E-state index in [9.17, 15) is 8.42 Å². The number of anilines is 1. The summed E-state index contributed by atoms with van der Waals surface area (Å²) in [7, 11) is -3.62. The molecule has 0 saturated carbocycles. The Balaban J connectivity index is 3.02. The van der Waals surface area contributed by atoms with Crippen LogP contribution in [-0.2, 0) is 10.0 Å². The highest BCUT2D eigenvalue weighted by Gasteiger charge is 2.22. The molecule has 0 aliphatic carbocycles. The first-order valence-electron chi connectivity index (χ1n) is 5.77. The molecule has 5 nitrogen and oxygen atoms in total. The van der Waals surface area contributed by atoms with Gasteiger partial charge in [0.15, 0.2) is 0 Å². The lowest BCUT2D eigenvalue weighted by Crippen LogP contribution is -2.41. The van der Waals surface area contributed by atoms with Crippen LogP contribution in [0.25, 0.3) is 0 Å². The summed E-state index contributed by atoms with van der Waals surface area (Å²) < 4.78 is 26.7. The van der Waals surface area contributed by atoms with Gasteiger partial charge in [0.05, 0.1) is 11.5 Å². The van der Waals surface area contributed by atoms with E-state index in [0.717, 1.165) is 0 Å². The van der Waals surface area contributed by atoms with E-state index in [1.807, 2.05) is 13.8 Å². The minimum absolute atomic E-state index is 0.0136. The molecule has 0 aliphatic heterocycles. The van der Waals surface area contributed by atoms with Crippen LogP contribution in [0, 0.1) is 12.8 Å². The lowest BCUT2D eigenvalue weighted by molar-refractivity contribution is 0.227. The van der Waals surface area contributed by atoms with Crippen LogP contribution in [0.15, 0.2) is 23.1 Å². The van der Waals surface area contributed by atoms with Gasteiger partial charge in [0, 0.05) is 11.7 Å². The van der Waals surface area contributed by atoms with Crippen LogP contribution in [0.5, 0.6) is 0 Å². The van der Waals surface area contributed by atoms with Crippen LogP contribution >= 0.6 is 0 Å². The third-order valence-corrected chi connectivity index (χ3v) is 4.35. The number of aryl methyl sites for hydroxylation is 1. The van der Waals surface area contributed by atoms with E-state index in [-0.39, 0.29) is 17.4 Å². The first-order chi connectivity index (χ1) is 8.27. The SMILES string of the molecule is Cc1cc(S(=O)(=O)N[C@H](CO)C(C)C)ccc1N. The van der Waals surface area contributed by atoms with Crippen LogP contribution in [-0.4, -0.2) is 26.2 Å². The maximum atomic E-state index is 12.1. The van der Waals surface area contributed by atoms with Crippen molar-refractivity contribution in [3.63, 3.8) is 0 Å². The van der Waals surface area contributed by atoms with Gasteiger partial charge in [0.2, 0.25) is 10.0 Å². The predicted octanol–water partition coefficient (Wildman–Crippen LogP) is 0.872. The summed E-state index contributed by atoms with van der Waals surface area (Å²) in [6.07, 6.45) is 0. The van der Waals surface area contributed by atoms with Crippen LogP contribution < -0.4 is 10.5 Å². The fourth-order valence-corrected chi connectivity index (χ4v) is 2.93. The summed E-state index contributed by atoms with van der Waals surface area (Å²) in [4.78, 5) is 0.160. The van der Waals surface area contributed by atoms with Gasteiger partial charge < -0.3 is 10.8 Å². The molecule has 0 bridgehead atoms. The van der Waals surface area contributed by atoms with Crippen LogP contribution in [0.1, 0.15) is 19.4 Å². The van der Waals surface area contributed by atoms with Crippen LogP contribution in [0.4, 0.5) is 5.69 Å². The highest BCUT2D eigenvalue weighted by Crippen LogP contribution is 2.17. The molecule has 1 atom stereocenters. The van der Waals surface area contributed by atoms with Crippen molar-refractivity contribution in [1.29, 1.82) is 0 Å². The molecule has 0 aromatic heterocycles. The van der Waals surface area contributed by atoms with Crippen molar-refractivity contribution >= 4 is 15.7 Å². The van der Waals surface area contributed by atoms with E-state index in [1.54, 1.807) is 13.0 Å². The van der Waals surface area contributed by atoms with Gasteiger partial charge in [-0.2, -0.15) is 0 Å². The van der Waals surface area contributed by atoms with Gasteiger partial charge in [0.1, 0.15) is 0 Å². The molecule has 0 unspecified atom stereocenters. The fraction of sp³-hybridized carbons (Fsp3) is 0.500. The smallest absolute Gasteiger partial charge is 0.240 e. The van der Waals surface area contributed by atoms with Crippen molar-refractivity contribution in [3.8, 4) is 0 Å². The van der Waals surface area contributed by atoms with Crippen molar-refractivity contribution in [2.24, 2.45) is 5.92 Å². The Morgan fingerprint density at radius 2 is 2.00 bits per heavy atom. The largest absolute Gasteiger partial charge is 0.399 e. The van der Waals surface area contributed by atoms with Gasteiger partial charge in [-0.3, -0.25) is 0 Å². The van der Waals surface area contributed by atoms with Gasteiger partial charge >= 0.3 is 0 Å². The topological polar surface area (TPSA) is 92.4 Å². The number of rotatable bonds is 5. The predicted molar refractivity (Wildman–Crippen MR) is 71.6 cm³/mol. The van der Waals surface area contributed by atoms with Crippen molar-refractivity contribution in [1.82, 2.24) is 4.72 Å². The lowest BCUT2D eigenvalue weighted by Gasteiger charge is -2.20. The molecule has 4 N–H and O–H groups in total. The lowest BCUT2D eigenvalue weighted by atomic mass is 10.1. The van der Waals surface area contributed by atoms with E-state index in [1.165, 1.54) is 12.1 Å². The second-order valence-electron chi connectivity index (χ2n) is 4.67. The van der Waals surface area contributed by atoms with Gasteiger partial charge in [-0.05, 0) is 36.6 Å². The van der Waals surface area contributed by atoms with E-state index in [0.29, 0.717) is 11.3 Å². The first-order valence-corrected chi connectivity index (χ1v) is 7.25. The Kier molecular flexibility index (Phi) is 4.72. The monoisotopic (exact) mass is 272 g/mol. The molecule has 0 radical (unpaired) electrons. The van der Waals surface area contributed by atoms with Crippen molar-refractivity contribution < 1.29 is 13.5 Å². The molecule has 0 fully saturated rings. The number of aliphatic hydroxyl groups excluding tert-OH is 1. The molecular weight excluding hydrogens is 252 g/mol. The quantitative estimate of drug-likeness (QED) is 0.694. The maximum Gasteiger partial charge on any atom is 0.240 e. The highest BCUT2D eigenvalue weighted by atomic mass is 32.2. The molecule has 0 spiro atoms. The summed E-state index contributed by atoms with van der Waals surface area (Å²) in [5, 5.41) is 9.16. The average Bonchev–Trinajstić information content (AvgIpc) is 2.29. The molecule has 102 valence electrons. The minimum atomic E-state index is -3.62. The Bertz CT molecular complexity index is 512. The molecule has 6 heteroatoms. The number of hydrogen-bond acceptors (Lipinski definition) is 4. The number of sulfonamides is 1. The summed E-state index contributed by atoms with van der Waals surface area (Å²) in [6, 6.07) is 4.05. The minimum Gasteiger partial charge on any atom is -0.399 e. The normalized spacial score (nSPS) is 13.8. The Labute approximate surface area is 108 Å². The zero-order valence-corrected chi connectivity index (χ0v) is 11.7. The summed E-state index contributed by atoms with van der Waals surface area (Å²) in [6.45, 7) is 5.21. The second-order valence-corrected chi connectivity index (χ2v) is 6.39. The van der Waals surface area contributed by atoms with Gasteiger partial charge in [-0.15, -0.1) is 0 Å². The number of nitrogen functional groups attached to an aromatic ring is 1. The first kappa shape index (κ1) is 14.9. The average molecular weight is 272 g/mol. The Hall–Kier alpha value is -1.11. The van der Waals surface area contributed by atoms with Gasteiger partial charge in [0.25, 0.3) is 0 Å². The van der Waals surface area contributed by atoms with Crippen LogP contribution in [0.2, 0.25) is 0 Å². The molecule has 0 amide bonds. The van der Waals surface area contributed by atoms with Crippen molar-refractivity contribution in [2.75, 3.05) is 12.3 Å². The fourth-order valence-electron chi connectivity index (χ4n) is 1.47. The zero-order chi connectivity index (χ0) is 13.9. The Morgan fingerprint density at radius 3 is 2.44 bits per heavy atom. The summed E-state index contributed by atoms with van der Waals surface area (Å²) in [5.74, 6) is 0.0136. The van der Waals surface area contributed by atoms with Crippen molar-refractivity contribution in [2.45, 2.75) is 31.7 Å². The third kappa shape index (κ3) is 3.44. The molecule has 1 aromatic rings. The van der Waals surface area contributed by atoms with E-state index >= 15 is 0 Å². The zero-order valence-electron chi connectivity index (χ0n) is 10.8. The van der Waals surface area contributed by atoms with Crippen LogP contribution in [0.3, 0.4) is 0 Å². The molecule has 18 heavy (non-hydrogen) atoms. The number of hydrogen-bond donors (Lipinski definition) is 3. The van der Waals surface area contributed by atoms with E-state index in [4.69, 9.17) is 10.8 Å². The Morgan fingerprint density at radius 1 is 1.39 bits per heavy atom. The number of nitrogens with two attached hydrogens (primary N) is 1. The van der Waals surface area contributed by atoms with E-state index < -0.39 is 16.1 Å². The maximum absolute atomic E-state index is 12.1. The second kappa shape index (κ2) is 5.69. The number of nitrogens with one attached hydrogen (secondary N) is 1. The standard InChI is InChI=1S/C12H20N2O3S/c1-8(2)12(7-15)14-18(16,17)10-4-5-11(13)9(3)6-10/h4-6,8,12,14-15H,7,13H2,1-3H3/t12-/m1/s1. The van der Waals surface area contributed by atoms with Crippen molar-refractivity contribution in [3.05, 3.63) is 23.8 Å². The molecule has 0 saturated heterocycles. The molecule has 1 aromatic carbocycles. The number of benzene rings is 1.